The Morgan fingerprint density at radius 2 is 1.74 bits per heavy atom. The summed E-state index contributed by atoms with van der Waals surface area (Å²) in [6, 6.07) is 16.8. The number of carbonyl (C=O) groups is 1. The van der Waals surface area contributed by atoms with Crippen LogP contribution in [0.25, 0.3) is 0 Å². The van der Waals surface area contributed by atoms with E-state index in [0.717, 1.165) is 28.4 Å². The van der Waals surface area contributed by atoms with Gasteiger partial charge in [-0.2, -0.15) is 0 Å². The summed E-state index contributed by atoms with van der Waals surface area (Å²) in [6.45, 7) is 3.06. The Bertz CT molecular complexity index is 971. The van der Waals surface area contributed by atoms with Gasteiger partial charge < -0.3 is 20.1 Å². The maximum atomic E-state index is 12.4. The molecule has 0 atom stereocenters. The molecule has 6 heteroatoms. The largest absolute Gasteiger partial charge is 0.486 e. The lowest BCUT2D eigenvalue weighted by Crippen LogP contribution is -2.15. The van der Waals surface area contributed by atoms with Gasteiger partial charge in [-0.3, -0.25) is 4.79 Å². The number of hydrogen-bond donors (Lipinski definition) is 2. The highest BCUT2D eigenvalue weighted by atomic mass is 16.6. The van der Waals surface area contributed by atoms with Crippen molar-refractivity contribution in [2.75, 3.05) is 23.8 Å². The lowest BCUT2D eigenvalue weighted by Gasteiger charge is -2.19. The Kier molecular flexibility index (Phi) is 4.61. The van der Waals surface area contributed by atoms with Crippen LogP contribution in [-0.2, 0) is 0 Å². The molecule has 1 amide bonds. The normalized spacial score (nSPS) is 12.3. The van der Waals surface area contributed by atoms with Gasteiger partial charge >= 0.3 is 0 Å². The molecule has 0 fully saturated rings. The van der Waals surface area contributed by atoms with Crippen molar-refractivity contribution in [3.05, 3.63) is 72.1 Å². The van der Waals surface area contributed by atoms with E-state index in [2.05, 4.69) is 15.6 Å². The summed E-state index contributed by atoms with van der Waals surface area (Å²) >= 11 is 0. The summed E-state index contributed by atoms with van der Waals surface area (Å²) in [4.78, 5) is 16.6. The second-order valence-electron chi connectivity index (χ2n) is 6.18. The molecule has 0 bridgehead atoms. The van der Waals surface area contributed by atoms with Gasteiger partial charge in [0.15, 0.2) is 11.5 Å². The number of nitrogens with one attached hydrogen (secondary N) is 2. The van der Waals surface area contributed by atoms with Crippen LogP contribution in [0, 0.1) is 6.92 Å². The molecule has 2 aromatic carbocycles. The van der Waals surface area contributed by atoms with Crippen molar-refractivity contribution in [3.8, 4) is 11.5 Å². The number of aromatic nitrogens is 1. The minimum absolute atomic E-state index is 0.241. The van der Waals surface area contributed by atoms with Gasteiger partial charge in [0.1, 0.15) is 18.9 Å². The first-order valence-corrected chi connectivity index (χ1v) is 8.69. The van der Waals surface area contributed by atoms with E-state index in [9.17, 15) is 4.79 Å². The predicted octanol–water partition coefficient (Wildman–Crippen LogP) is 4.16. The van der Waals surface area contributed by atoms with Crippen LogP contribution in [0.4, 0.5) is 17.1 Å². The molecule has 0 spiro atoms. The Morgan fingerprint density at radius 3 is 2.52 bits per heavy atom. The average Bonchev–Trinajstić information content (AvgIpc) is 2.70. The van der Waals surface area contributed by atoms with Gasteiger partial charge in [0, 0.05) is 17.4 Å². The SMILES string of the molecule is Cc1ccccc1NC(=O)c1ccc(Nc2ccc3c(c2)OCCO3)cn1. The molecule has 0 radical (unpaired) electrons. The van der Waals surface area contributed by atoms with E-state index >= 15 is 0 Å². The summed E-state index contributed by atoms with van der Waals surface area (Å²) in [5.41, 5.74) is 3.77. The average molecular weight is 361 g/mol. The fourth-order valence-electron chi connectivity index (χ4n) is 2.79. The van der Waals surface area contributed by atoms with E-state index in [1.807, 2.05) is 55.5 Å². The number of pyridine rings is 1. The molecule has 6 nitrogen and oxygen atoms in total. The van der Waals surface area contributed by atoms with Crippen LogP contribution in [0.1, 0.15) is 16.1 Å². The van der Waals surface area contributed by atoms with E-state index in [1.165, 1.54) is 0 Å². The standard InChI is InChI=1S/C21H19N3O3/c1-14-4-2-3-5-17(14)24-21(25)18-8-6-16(13-22-18)23-15-7-9-19-20(12-15)27-11-10-26-19/h2-9,12-13,23H,10-11H2,1H3,(H,24,25). The molecule has 2 N–H and O–H groups in total. The smallest absolute Gasteiger partial charge is 0.274 e. The number of anilines is 3. The van der Waals surface area contributed by atoms with E-state index in [4.69, 9.17) is 9.47 Å². The molecule has 0 saturated heterocycles. The molecule has 2 heterocycles. The molecular weight excluding hydrogens is 342 g/mol. The predicted molar refractivity (Wildman–Crippen MR) is 104 cm³/mol. The maximum absolute atomic E-state index is 12.4. The van der Waals surface area contributed by atoms with E-state index < -0.39 is 0 Å². The highest BCUT2D eigenvalue weighted by molar-refractivity contribution is 6.03. The lowest BCUT2D eigenvalue weighted by molar-refractivity contribution is 0.102. The van der Waals surface area contributed by atoms with Crippen molar-refractivity contribution in [2.24, 2.45) is 0 Å². The monoisotopic (exact) mass is 361 g/mol. The number of fused-ring (bicyclic) bond motifs is 1. The summed E-state index contributed by atoms with van der Waals surface area (Å²) in [6.07, 6.45) is 1.63. The Labute approximate surface area is 157 Å². The second-order valence-corrected chi connectivity index (χ2v) is 6.18. The van der Waals surface area contributed by atoms with E-state index in [1.54, 1.807) is 12.3 Å². The molecule has 0 saturated carbocycles. The molecule has 1 aliphatic rings. The number of hydrogen-bond acceptors (Lipinski definition) is 5. The zero-order valence-corrected chi connectivity index (χ0v) is 14.9. The number of ether oxygens (including phenoxy) is 2. The molecular formula is C21H19N3O3. The summed E-state index contributed by atoms with van der Waals surface area (Å²) in [7, 11) is 0. The number of para-hydroxylation sites is 1. The van der Waals surface area contributed by atoms with Gasteiger partial charge in [-0.1, -0.05) is 18.2 Å². The molecule has 0 aliphatic carbocycles. The van der Waals surface area contributed by atoms with E-state index in [0.29, 0.717) is 24.7 Å². The third-order valence-corrected chi connectivity index (χ3v) is 4.22. The quantitative estimate of drug-likeness (QED) is 0.730. The number of carbonyl (C=O) groups excluding carboxylic acids is 1. The second kappa shape index (κ2) is 7.37. The Morgan fingerprint density at radius 1 is 0.963 bits per heavy atom. The van der Waals surface area contributed by atoms with Crippen LogP contribution >= 0.6 is 0 Å². The lowest BCUT2D eigenvalue weighted by atomic mass is 10.2. The van der Waals surface area contributed by atoms with Crippen LogP contribution in [0.3, 0.4) is 0 Å². The van der Waals surface area contributed by atoms with Crippen molar-refractivity contribution in [3.63, 3.8) is 0 Å². The van der Waals surface area contributed by atoms with Crippen molar-refractivity contribution < 1.29 is 14.3 Å². The zero-order chi connectivity index (χ0) is 18.6. The highest BCUT2D eigenvalue weighted by Crippen LogP contribution is 2.33. The minimum Gasteiger partial charge on any atom is -0.486 e. The molecule has 3 aromatic rings. The van der Waals surface area contributed by atoms with Gasteiger partial charge in [-0.15, -0.1) is 0 Å². The zero-order valence-electron chi connectivity index (χ0n) is 14.9. The summed E-state index contributed by atoms with van der Waals surface area (Å²) in [5.74, 6) is 1.22. The highest BCUT2D eigenvalue weighted by Gasteiger charge is 2.12. The van der Waals surface area contributed by atoms with Crippen molar-refractivity contribution in [1.82, 2.24) is 4.98 Å². The van der Waals surface area contributed by atoms with E-state index in [-0.39, 0.29) is 5.91 Å². The molecule has 1 aromatic heterocycles. The van der Waals surface area contributed by atoms with Crippen molar-refractivity contribution in [1.29, 1.82) is 0 Å². The van der Waals surface area contributed by atoms with Crippen LogP contribution in [0.15, 0.2) is 60.8 Å². The van der Waals surface area contributed by atoms with Gasteiger partial charge in [0.25, 0.3) is 5.91 Å². The molecule has 1 aliphatic heterocycles. The number of rotatable bonds is 4. The summed E-state index contributed by atoms with van der Waals surface area (Å²) < 4.78 is 11.1. The molecule has 27 heavy (non-hydrogen) atoms. The maximum Gasteiger partial charge on any atom is 0.274 e. The first-order chi connectivity index (χ1) is 13.2. The fourth-order valence-corrected chi connectivity index (χ4v) is 2.79. The van der Waals surface area contributed by atoms with Crippen LogP contribution in [0.5, 0.6) is 11.5 Å². The fraction of sp³-hybridized carbons (Fsp3) is 0.143. The van der Waals surface area contributed by atoms with Crippen molar-refractivity contribution >= 4 is 23.0 Å². The van der Waals surface area contributed by atoms with Crippen LogP contribution < -0.4 is 20.1 Å². The third kappa shape index (κ3) is 3.84. The topological polar surface area (TPSA) is 72.5 Å². The van der Waals surface area contributed by atoms with Gasteiger partial charge in [-0.05, 0) is 42.8 Å². The van der Waals surface area contributed by atoms with Crippen LogP contribution in [-0.4, -0.2) is 24.1 Å². The molecule has 136 valence electrons. The molecule has 4 rings (SSSR count). The van der Waals surface area contributed by atoms with Gasteiger partial charge in [0.05, 0.1) is 11.9 Å². The van der Waals surface area contributed by atoms with Crippen LogP contribution in [0.2, 0.25) is 0 Å². The number of benzene rings is 2. The number of aryl methyl sites for hydroxylation is 1. The first-order valence-electron chi connectivity index (χ1n) is 8.69. The number of amides is 1. The Balaban J connectivity index is 1.44. The van der Waals surface area contributed by atoms with Gasteiger partial charge in [-0.25, -0.2) is 4.98 Å². The Hall–Kier alpha value is -3.54. The number of nitrogens with zero attached hydrogens (tertiary/aromatic N) is 1. The third-order valence-electron chi connectivity index (χ3n) is 4.22. The first kappa shape index (κ1) is 16.9. The molecule has 0 unspecified atom stereocenters. The van der Waals surface area contributed by atoms with Crippen molar-refractivity contribution in [2.45, 2.75) is 6.92 Å². The minimum atomic E-state index is -0.241. The van der Waals surface area contributed by atoms with Gasteiger partial charge in [0.2, 0.25) is 0 Å². The summed E-state index contributed by atoms with van der Waals surface area (Å²) in [5, 5.41) is 6.13.